The van der Waals surface area contributed by atoms with Crippen LogP contribution in [-0.2, 0) is 6.42 Å². The Morgan fingerprint density at radius 2 is 2.06 bits per heavy atom. The van der Waals surface area contributed by atoms with Gasteiger partial charge in [0.25, 0.3) is 0 Å². The first kappa shape index (κ1) is 12.9. The predicted molar refractivity (Wildman–Crippen MR) is 80.7 cm³/mol. The van der Waals surface area contributed by atoms with Crippen LogP contribution in [0.15, 0.2) is 35.7 Å². The molecule has 0 bridgehead atoms. The first-order valence-electron chi connectivity index (χ1n) is 5.31. The van der Waals surface area contributed by atoms with Crippen LogP contribution in [0.4, 0.5) is 0 Å². The number of nitrogens with two attached hydrogens (primary N) is 1. The number of hydrogen-bond acceptors (Lipinski definition) is 3. The van der Waals surface area contributed by atoms with E-state index in [2.05, 4.69) is 46.9 Å². The molecule has 0 amide bonds. The molecule has 2 N–H and O–H groups in total. The van der Waals surface area contributed by atoms with Crippen molar-refractivity contribution in [2.24, 2.45) is 5.73 Å². The molecule has 2 nitrogen and oxygen atoms in total. The van der Waals surface area contributed by atoms with Gasteiger partial charge in [-0.1, -0.05) is 12.1 Å². The Bertz CT molecular complexity index is 480. The Morgan fingerprint density at radius 3 is 2.65 bits per heavy atom. The minimum Gasteiger partial charge on any atom is -0.496 e. The summed E-state index contributed by atoms with van der Waals surface area (Å²) >= 11 is 3.96. The van der Waals surface area contributed by atoms with Crippen molar-refractivity contribution in [2.45, 2.75) is 12.5 Å². The molecule has 1 aromatic heterocycles. The molecule has 0 saturated heterocycles. The summed E-state index contributed by atoms with van der Waals surface area (Å²) in [6.45, 7) is 0. The lowest BCUT2D eigenvalue weighted by molar-refractivity contribution is 0.416. The van der Waals surface area contributed by atoms with E-state index in [1.807, 2.05) is 11.4 Å². The van der Waals surface area contributed by atoms with E-state index in [9.17, 15) is 0 Å². The van der Waals surface area contributed by atoms with Crippen LogP contribution in [0.25, 0.3) is 0 Å². The van der Waals surface area contributed by atoms with Crippen molar-refractivity contribution in [3.63, 3.8) is 0 Å². The quantitative estimate of drug-likeness (QED) is 0.847. The summed E-state index contributed by atoms with van der Waals surface area (Å²) in [5.41, 5.74) is 7.45. The van der Waals surface area contributed by atoms with Crippen molar-refractivity contribution < 1.29 is 4.74 Å². The average Bonchev–Trinajstić information content (AvgIpc) is 2.81. The van der Waals surface area contributed by atoms with Gasteiger partial charge in [0.1, 0.15) is 5.75 Å². The molecule has 1 aromatic carbocycles. The molecule has 0 spiro atoms. The summed E-state index contributed by atoms with van der Waals surface area (Å²) in [4.78, 5) is 1.17. The summed E-state index contributed by atoms with van der Waals surface area (Å²) in [6, 6.07) is 10.5. The van der Waals surface area contributed by atoms with Gasteiger partial charge in [-0.05, 0) is 52.8 Å². The summed E-state index contributed by atoms with van der Waals surface area (Å²) < 4.78 is 6.41. The second-order valence-electron chi connectivity index (χ2n) is 3.83. The Kier molecular flexibility index (Phi) is 4.42. The SMILES string of the molecule is COc1csc(C(N)Cc2ccc(I)cc2)c1. The normalized spacial score (nSPS) is 12.4. The lowest BCUT2D eigenvalue weighted by atomic mass is 10.1. The molecule has 0 aliphatic rings. The van der Waals surface area contributed by atoms with Crippen LogP contribution >= 0.6 is 33.9 Å². The highest BCUT2D eigenvalue weighted by Crippen LogP contribution is 2.27. The van der Waals surface area contributed by atoms with Crippen molar-refractivity contribution >= 4 is 33.9 Å². The van der Waals surface area contributed by atoms with Crippen molar-refractivity contribution in [3.05, 3.63) is 49.7 Å². The molecule has 0 radical (unpaired) electrons. The fourth-order valence-electron chi connectivity index (χ4n) is 1.61. The van der Waals surface area contributed by atoms with Crippen LogP contribution in [0.5, 0.6) is 5.75 Å². The largest absolute Gasteiger partial charge is 0.496 e. The second kappa shape index (κ2) is 5.84. The highest BCUT2D eigenvalue weighted by Gasteiger charge is 2.10. The molecule has 2 aromatic rings. The topological polar surface area (TPSA) is 35.2 Å². The molecule has 2 rings (SSSR count). The average molecular weight is 359 g/mol. The number of thiophene rings is 1. The highest BCUT2D eigenvalue weighted by atomic mass is 127. The maximum absolute atomic E-state index is 6.19. The maximum Gasteiger partial charge on any atom is 0.129 e. The third-order valence-electron chi connectivity index (χ3n) is 2.57. The first-order valence-corrected chi connectivity index (χ1v) is 7.27. The predicted octanol–water partition coefficient (Wildman–Crippen LogP) is 3.60. The highest BCUT2D eigenvalue weighted by molar-refractivity contribution is 14.1. The fraction of sp³-hybridized carbons (Fsp3) is 0.231. The van der Waals surface area contributed by atoms with Crippen LogP contribution in [0.3, 0.4) is 0 Å². The second-order valence-corrected chi connectivity index (χ2v) is 6.01. The van der Waals surface area contributed by atoms with Crippen LogP contribution < -0.4 is 10.5 Å². The molecule has 0 aliphatic heterocycles. The van der Waals surface area contributed by atoms with Gasteiger partial charge in [-0.2, -0.15) is 0 Å². The molecule has 0 aliphatic carbocycles. The lowest BCUT2D eigenvalue weighted by Crippen LogP contribution is -2.11. The third kappa shape index (κ3) is 3.43. The molecule has 1 heterocycles. The van der Waals surface area contributed by atoms with Crippen LogP contribution in [-0.4, -0.2) is 7.11 Å². The Hall–Kier alpha value is -0.590. The van der Waals surface area contributed by atoms with Gasteiger partial charge in [-0.3, -0.25) is 0 Å². The number of rotatable bonds is 4. The number of methoxy groups -OCH3 is 1. The molecule has 90 valence electrons. The van der Waals surface area contributed by atoms with Gasteiger partial charge in [0.2, 0.25) is 0 Å². The molecule has 17 heavy (non-hydrogen) atoms. The number of ether oxygens (including phenoxy) is 1. The summed E-state index contributed by atoms with van der Waals surface area (Å²) in [6.07, 6.45) is 0.862. The first-order chi connectivity index (χ1) is 8.19. The standard InChI is InChI=1S/C13H14INOS/c1-16-11-7-13(17-8-11)12(15)6-9-2-4-10(14)5-3-9/h2-5,7-8,12H,6,15H2,1H3. The van der Waals surface area contributed by atoms with E-state index < -0.39 is 0 Å². The van der Waals surface area contributed by atoms with E-state index in [-0.39, 0.29) is 6.04 Å². The number of halogens is 1. The van der Waals surface area contributed by atoms with Gasteiger partial charge in [-0.25, -0.2) is 0 Å². The zero-order valence-corrected chi connectivity index (χ0v) is 12.5. The molecule has 4 heteroatoms. The van der Waals surface area contributed by atoms with Crippen LogP contribution in [0, 0.1) is 3.57 Å². The maximum atomic E-state index is 6.19. The molecule has 0 saturated carbocycles. The molecule has 0 fully saturated rings. The molecular weight excluding hydrogens is 345 g/mol. The van der Waals surface area contributed by atoms with E-state index in [1.54, 1.807) is 18.4 Å². The van der Waals surface area contributed by atoms with E-state index in [4.69, 9.17) is 10.5 Å². The van der Waals surface area contributed by atoms with Gasteiger partial charge in [0.05, 0.1) is 7.11 Å². The van der Waals surface area contributed by atoms with Gasteiger partial charge in [0.15, 0.2) is 0 Å². The smallest absolute Gasteiger partial charge is 0.129 e. The van der Waals surface area contributed by atoms with Crippen LogP contribution in [0.2, 0.25) is 0 Å². The molecular formula is C13H14INOS. The van der Waals surface area contributed by atoms with Crippen LogP contribution in [0.1, 0.15) is 16.5 Å². The monoisotopic (exact) mass is 359 g/mol. The molecule has 1 unspecified atom stereocenters. The van der Waals surface area contributed by atoms with Crippen molar-refractivity contribution in [2.75, 3.05) is 7.11 Å². The zero-order valence-electron chi connectivity index (χ0n) is 9.52. The third-order valence-corrected chi connectivity index (χ3v) is 4.33. The molecule has 1 atom stereocenters. The van der Waals surface area contributed by atoms with E-state index in [0.29, 0.717) is 0 Å². The van der Waals surface area contributed by atoms with E-state index >= 15 is 0 Å². The van der Waals surface area contributed by atoms with Crippen molar-refractivity contribution in [1.29, 1.82) is 0 Å². The van der Waals surface area contributed by atoms with Gasteiger partial charge < -0.3 is 10.5 Å². The zero-order chi connectivity index (χ0) is 12.3. The summed E-state index contributed by atoms with van der Waals surface area (Å²) in [7, 11) is 1.68. The van der Waals surface area contributed by atoms with Crippen molar-refractivity contribution in [1.82, 2.24) is 0 Å². The van der Waals surface area contributed by atoms with E-state index in [0.717, 1.165) is 12.2 Å². The minimum absolute atomic E-state index is 0.0453. The Morgan fingerprint density at radius 1 is 1.35 bits per heavy atom. The van der Waals surface area contributed by atoms with Gasteiger partial charge in [-0.15, -0.1) is 11.3 Å². The van der Waals surface area contributed by atoms with Gasteiger partial charge >= 0.3 is 0 Å². The number of benzene rings is 1. The lowest BCUT2D eigenvalue weighted by Gasteiger charge is -2.09. The van der Waals surface area contributed by atoms with Crippen molar-refractivity contribution in [3.8, 4) is 5.75 Å². The Balaban J connectivity index is 2.05. The minimum atomic E-state index is 0.0453. The Labute approximate surface area is 119 Å². The summed E-state index contributed by atoms with van der Waals surface area (Å²) in [5, 5.41) is 1.99. The fourth-order valence-corrected chi connectivity index (χ4v) is 2.83. The van der Waals surface area contributed by atoms with E-state index in [1.165, 1.54) is 14.0 Å². The number of hydrogen-bond donors (Lipinski definition) is 1. The summed E-state index contributed by atoms with van der Waals surface area (Å²) in [5.74, 6) is 0.892. The van der Waals surface area contributed by atoms with Gasteiger partial charge in [0, 0.05) is 19.9 Å².